The van der Waals surface area contributed by atoms with Crippen LogP contribution in [0.25, 0.3) is 0 Å². The maximum Gasteiger partial charge on any atom is 0.252 e. The van der Waals surface area contributed by atoms with E-state index in [0.29, 0.717) is 29.4 Å². The minimum Gasteiger partial charge on any atom is -0.352 e. The van der Waals surface area contributed by atoms with Gasteiger partial charge in [-0.1, -0.05) is 18.5 Å². The molecule has 2 amide bonds. The second kappa shape index (κ2) is 7.78. The first kappa shape index (κ1) is 17.0. The summed E-state index contributed by atoms with van der Waals surface area (Å²) >= 11 is 6.07. The fraction of sp³-hybridized carbons (Fsp3) is 0.312. The topological polar surface area (TPSA) is 76.0 Å². The molecule has 0 aliphatic heterocycles. The number of benzene rings is 1. The molecule has 2 rings (SSSR count). The molecule has 0 spiro atoms. The molecule has 1 aromatic heterocycles. The highest BCUT2D eigenvalue weighted by molar-refractivity contribution is 6.34. The van der Waals surface area contributed by atoms with Gasteiger partial charge >= 0.3 is 0 Å². The molecule has 2 aromatic rings. The fourth-order valence-corrected chi connectivity index (χ4v) is 2.34. The average Bonchev–Trinajstić information content (AvgIpc) is 2.99. The lowest BCUT2D eigenvalue weighted by atomic mass is 10.1. The van der Waals surface area contributed by atoms with Crippen LogP contribution in [0, 0.1) is 5.92 Å². The minimum absolute atomic E-state index is 0.202. The maximum absolute atomic E-state index is 12.3. The number of amides is 2. The summed E-state index contributed by atoms with van der Waals surface area (Å²) < 4.78 is 1.82. The van der Waals surface area contributed by atoms with Crippen LogP contribution in [0.15, 0.2) is 36.7 Å². The largest absolute Gasteiger partial charge is 0.352 e. The second-order valence-corrected chi connectivity index (χ2v) is 5.83. The molecule has 0 bridgehead atoms. The molecular formula is C16H19ClN4O2. The van der Waals surface area contributed by atoms with Crippen molar-refractivity contribution in [3.63, 3.8) is 0 Å². The summed E-state index contributed by atoms with van der Waals surface area (Å²) in [6, 6.07) is 6.67. The quantitative estimate of drug-likeness (QED) is 0.852. The Morgan fingerprint density at radius 3 is 2.83 bits per heavy atom. The van der Waals surface area contributed by atoms with Gasteiger partial charge in [0.2, 0.25) is 5.91 Å². The normalized spacial score (nSPS) is 11.8. The number of aromatic nitrogens is 2. The Kier molecular flexibility index (Phi) is 5.76. The van der Waals surface area contributed by atoms with E-state index < -0.39 is 0 Å². The minimum atomic E-state index is -0.269. The van der Waals surface area contributed by atoms with E-state index in [1.807, 2.05) is 23.9 Å². The van der Waals surface area contributed by atoms with Crippen molar-refractivity contribution >= 4 is 29.1 Å². The van der Waals surface area contributed by atoms with Gasteiger partial charge in [-0.25, -0.2) is 0 Å². The van der Waals surface area contributed by atoms with Crippen LogP contribution >= 0.6 is 11.6 Å². The van der Waals surface area contributed by atoms with Crippen molar-refractivity contribution < 1.29 is 9.59 Å². The second-order valence-electron chi connectivity index (χ2n) is 5.42. The van der Waals surface area contributed by atoms with Gasteiger partial charge in [-0.05, 0) is 30.2 Å². The number of hydrogen-bond donors (Lipinski definition) is 2. The molecule has 2 N–H and O–H groups in total. The van der Waals surface area contributed by atoms with E-state index >= 15 is 0 Å². The number of nitrogens with zero attached hydrogens (tertiary/aromatic N) is 2. The molecule has 122 valence electrons. The monoisotopic (exact) mass is 334 g/mol. The van der Waals surface area contributed by atoms with E-state index in [2.05, 4.69) is 15.7 Å². The van der Waals surface area contributed by atoms with E-state index in [9.17, 15) is 9.59 Å². The van der Waals surface area contributed by atoms with Crippen molar-refractivity contribution in [2.75, 3.05) is 11.9 Å². The molecule has 0 saturated heterocycles. The molecule has 1 atom stereocenters. The molecule has 0 aliphatic carbocycles. The van der Waals surface area contributed by atoms with Crippen LogP contribution in [0.3, 0.4) is 0 Å². The van der Waals surface area contributed by atoms with Gasteiger partial charge in [-0.2, -0.15) is 5.10 Å². The van der Waals surface area contributed by atoms with E-state index in [0.717, 1.165) is 0 Å². The predicted octanol–water partition coefficient (Wildman–Crippen LogP) is 2.56. The summed E-state index contributed by atoms with van der Waals surface area (Å²) in [5, 5.41) is 9.97. The first-order valence-corrected chi connectivity index (χ1v) is 7.66. The van der Waals surface area contributed by atoms with Gasteiger partial charge in [-0.15, -0.1) is 0 Å². The van der Waals surface area contributed by atoms with Gasteiger partial charge in [0.1, 0.15) is 0 Å². The van der Waals surface area contributed by atoms with Crippen LogP contribution in [-0.2, 0) is 11.3 Å². The Labute approximate surface area is 139 Å². The average molecular weight is 335 g/mol. The van der Waals surface area contributed by atoms with E-state index in [4.69, 9.17) is 11.6 Å². The van der Waals surface area contributed by atoms with Crippen LogP contribution in [0.2, 0.25) is 5.02 Å². The van der Waals surface area contributed by atoms with Crippen LogP contribution in [0.5, 0.6) is 0 Å². The third-order valence-corrected chi connectivity index (χ3v) is 3.53. The number of carbonyl (C=O) groups is 2. The number of hydrogen-bond acceptors (Lipinski definition) is 3. The molecule has 0 saturated carbocycles. The zero-order valence-electron chi connectivity index (χ0n) is 13.0. The molecule has 0 aliphatic rings. The van der Waals surface area contributed by atoms with Crippen molar-refractivity contribution in [3.05, 3.63) is 47.2 Å². The number of rotatable bonds is 6. The lowest BCUT2D eigenvalue weighted by molar-refractivity contribution is -0.114. The lowest BCUT2D eigenvalue weighted by Gasteiger charge is -2.14. The lowest BCUT2D eigenvalue weighted by Crippen LogP contribution is -2.30. The van der Waals surface area contributed by atoms with Crippen LogP contribution in [-0.4, -0.2) is 28.1 Å². The Balaban J connectivity index is 1.95. The molecule has 23 heavy (non-hydrogen) atoms. The summed E-state index contributed by atoms with van der Waals surface area (Å²) in [6.45, 7) is 4.65. The Hall–Kier alpha value is -2.34. The number of nitrogens with one attached hydrogen (secondary N) is 2. The molecule has 6 nitrogen and oxygen atoms in total. The zero-order valence-corrected chi connectivity index (χ0v) is 13.8. The van der Waals surface area contributed by atoms with Crippen molar-refractivity contribution in [2.24, 2.45) is 5.92 Å². The highest BCUT2D eigenvalue weighted by Crippen LogP contribution is 2.20. The molecule has 0 fully saturated rings. The van der Waals surface area contributed by atoms with Crippen LogP contribution < -0.4 is 10.6 Å². The summed E-state index contributed by atoms with van der Waals surface area (Å²) in [5.41, 5.74) is 0.876. The van der Waals surface area contributed by atoms with Gasteiger partial charge in [-0.3, -0.25) is 14.3 Å². The van der Waals surface area contributed by atoms with E-state index in [1.54, 1.807) is 24.4 Å². The SMILES string of the molecule is CC(=O)Nc1ccc(Cl)c(C(=O)NC[C@H](C)Cn2cccn2)c1. The molecular weight excluding hydrogens is 316 g/mol. The summed E-state index contributed by atoms with van der Waals surface area (Å²) in [6.07, 6.45) is 3.60. The van der Waals surface area contributed by atoms with Crippen LogP contribution in [0.4, 0.5) is 5.69 Å². The van der Waals surface area contributed by atoms with Gasteiger partial charge in [0.05, 0.1) is 10.6 Å². The predicted molar refractivity (Wildman–Crippen MR) is 89.5 cm³/mol. The third kappa shape index (κ3) is 5.10. The molecule has 0 radical (unpaired) electrons. The molecule has 0 unspecified atom stereocenters. The van der Waals surface area contributed by atoms with E-state index in [1.165, 1.54) is 6.92 Å². The van der Waals surface area contributed by atoms with Gasteiger partial charge in [0.25, 0.3) is 5.91 Å². The number of halogens is 1. The van der Waals surface area contributed by atoms with Gasteiger partial charge in [0, 0.05) is 38.1 Å². The standard InChI is InChI=1S/C16H19ClN4O2/c1-11(10-21-7-3-6-19-21)9-18-16(23)14-8-13(20-12(2)22)4-5-15(14)17/h3-8,11H,9-10H2,1-2H3,(H,18,23)(H,20,22)/t11-/m0/s1. The van der Waals surface area contributed by atoms with Gasteiger partial charge in [0.15, 0.2) is 0 Å². The highest BCUT2D eigenvalue weighted by Gasteiger charge is 2.13. The van der Waals surface area contributed by atoms with Gasteiger partial charge < -0.3 is 10.6 Å². The third-order valence-electron chi connectivity index (χ3n) is 3.20. The van der Waals surface area contributed by atoms with Crippen molar-refractivity contribution in [3.8, 4) is 0 Å². The molecule has 7 heteroatoms. The van der Waals surface area contributed by atoms with Crippen molar-refractivity contribution in [1.82, 2.24) is 15.1 Å². The Bertz CT molecular complexity index is 685. The number of anilines is 1. The number of carbonyl (C=O) groups excluding carboxylic acids is 2. The van der Waals surface area contributed by atoms with Crippen molar-refractivity contribution in [1.29, 1.82) is 0 Å². The summed E-state index contributed by atoms with van der Waals surface area (Å²) in [7, 11) is 0. The Morgan fingerprint density at radius 2 is 2.17 bits per heavy atom. The first-order chi connectivity index (χ1) is 11.0. The summed E-state index contributed by atoms with van der Waals surface area (Å²) in [4.78, 5) is 23.4. The Morgan fingerprint density at radius 1 is 1.39 bits per heavy atom. The smallest absolute Gasteiger partial charge is 0.252 e. The van der Waals surface area contributed by atoms with Crippen molar-refractivity contribution in [2.45, 2.75) is 20.4 Å². The van der Waals surface area contributed by atoms with E-state index in [-0.39, 0.29) is 17.7 Å². The zero-order chi connectivity index (χ0) is 16.8. The fourth-order valence-electron chi connectivity index (χ4n) is 2.13. The molecule has 1 heterocycles. The summed E-state index contributed by atoms with van der Waals surface area (Å²) in [5.74, 6) is -0.253. The van der Waals surface area contributed by atoms with Crippen LogP contribution in [0.1, 0.15) is 24.2 Å². The molecule has 1 aromatic carbocycles. The first-order valence-electron chi connectivity index (χ1n) is 7.28. The highest BCUT2D eigenvalue weighted by atomic mass is 35.5. The maximum atomic E-state index is 12.3.